The van der Waals surface area contributed by atoms with E-state index in [2.05, 4.69) is 122 Å². The molecule has 38 heteroatoms. The van der Waals surface area contributed by atoms with Gasteiger partial charge in [0.25, 0.3) is 0 Å². The van der Waals surface area contributed by atoms with Crippen molar-refractivity contribution in [1.82, 2.24) is 64.6 Å². The zero-order valence-electron chi connectivity index (χ0n) is 86.3. The molecule has 0 atom stereocenters. The Morgan fingerprint density at radius 1 is 0.379 bits per heavy atom. The standard InChI is InChI=1S/C25H32N4O5.C21H24N4O3.C20H21N3O5.C12H14O4.C8H7N3O.C8H9NO.C7H18N2.C6H16N2/c1-5-28(6-2)14-13-23(30)19-7-10-21(11-8-19)29-16-22(26-27-29)20-9-12-24(33-17-31-3)25(15-20)34-18-32-4;1-3-24(4-2)12-11-19(26)15-5-8-17(9-6-15)25-14-18(22-23-25)16-7-10-20(27)21(28)13-16;1-14(24)15-4-7-17(8-5-15)23-11-18(21-22-23)16-6-9-19(27-12-25-2)20(10-16)28-13-26-3;1-4-10-5-6-11(15-8-13-2)12(7-10)16-9-14-3;1-6(12)7-2-4-8(5-3-7)10-11-9;1-6(10)7-2-4-8(9)5-3-7;1-3-9(4-2)7-5-6-8;1-3-8(4-2)6-5-7/h7-12,15-16H,5-6,13-14,17-18H2,1-4H3;5-10,13-14,27-28H,3-4,11-12H2,1-2H3;4-11H,12-13H2,1-3H3;1,5-7H,8-9H2,2-3H3;2-5H,1H3;2-5H,9H2,1H3;3-8H2,1-2H3;3-7H2,1-2H3. The van der Waals surface area contributed by atoms with Gasteiger partial charge in [0.2, 0.25) is 0 Å². The van der Waals surface area contributed by atoms with Gasteiger partial charge in [-0.25, -0.2) is 14.0 Å². The molecule has 0 aliphatic rings. The Kier molecular flexibility index (Phi) is 57.7. The third-order valence-electron chi connectivity index (χ3n) is 21.5. The van der Waals surface area contributed by atoms with Crippen LogP contribution in [0.1, 0.15) is 153 Å². The lowest BCUT2D eigenvalue weighted by atomic mass is 10.1. The number of benzene rings is 9. The molecule has 12 aromatic rings. The van der Waals surface area contributed by atoms with Gasteiger partial charge >= 0.3 is 0 Å². The number of methoxy groups -OCH3 is 6. The maximum Gasteiger partial charge on any atom is 0.188 e. The van der Waals surface area contributed by atoms with Gasteiger partial charge in [-0.3, -0.25) is 24.0 Å². The fourth-order valence-corrected chi connectivity index (χ4v) is 13.1. The van der Waals surface area contributed by atoms with Crippen LogP contribution in [0, 0.1) is 12.3 Å². The van der Waals surface area contributed by atoms with E-state index >= 15 is 0 Å². The van der Waals surface area contributed by atoms with E-state index in [1.165, 1.54) is 32.9 Å². The van der Waals surface area contributed by atoms with Crippen LogP contribution in [-0.2, 0) is 28.4 Å². The minimum absolute atomic E-state index is 0.00230. The highest BCUT2D eigenvalue weighted by molar-refractivity contribution is 5.97. The SMILES string of the molecule is C#Cc1ccc(OCOC)c(OCOC)c1.CC(=O)c1ccc(N)cc1.CC(=O)c1ccc(N=[N+]=[N-])cc1.CCN(CC)CCC(=O)c1ccc(-n2cc(-c3ccc(O)c(O)c3)nn2)cc1.CCN(CC)CCC(=O)c1ccc(-n2cc(-c3ccc(OCOC)c(OCOC)c3)nn2)cc1.CCN(CC)CCCN.CCN(CC)CCN.COCOc1ccc(-c2cn(-c3ccc(C(C)=O)cc3)nn2)cc1OCOC. The summed E-state index contributed by atoms with van der Waals surface area (Å²) in [5, 5.41) is 47.6. The summed E-state index contributed by atoms with van der Waals surface area (Å²) in [5.74, 6) is 5.68. The van der Waals surface area contributed by atoms with Crippen LogP contribution in [0.5, 0.6) is 46.0 Å². The van der Waals surface area contributed by atoms with Crippen LogP contribution in [-0.4, -0.2) is 279 Å². The van der Waals surface area contributed by atoms with Gasteiger partial charge in [-0.1, -0.05) is 106 Å². The van der Waals surface area contributed by atoms with Gasteiger partial charge in [-0.15, -0.1) is 21.7 Å². The average Bonchev–Trinajstić information content (AvgIpc) is 1.71. The molecule has 0 aliphatic heterocycles. The Morgan fingerprint density at radius 2 is 0.683 bits per heavy atom. The summed E-state index contributed by atoms with van der Waals surface area (Å²) < 4.78 is 67.3. The number of carbonyl (C=O) groups excluding carboxylic acids is 5. The second kappa shape index (κ2) is 69.3. The van der Waals surface area contributed by atoms with E-state index in [1.54, 1.807) is 184 Å². The number of ether oxygens (including phenoxy) is 12. The number of anilines is 1. The minimum Gasteiger partial charge on any atom is -0.504 e. The molecule has 145 heavy (non-hydrogen) atoms. The van der Waals surface area contributed by atoms with Gasteiger partial charge in [0.1, 0.15) is 17.1 Å². The van der Waals surface area contributed by atoms with Crippen molar-refractivity contribution in [2.75, 3.05) is 181 Å². The molecule has 3 aromatic heterocycles. The maximum atomic E-state index is 12.5. The third-order valence-corrected chi connectivity index (χ3v) is 21.5. The van der Waals surface area contributed by atoms with E-state index in [9.17, 15) is 34.2 Å². The van der Waals surface area contributed by atoms with Crippen molar-refractivity contribution in [3.63, 3.8) is 0 Å². The number of rotatable bonds is 49. The van der Waals surface area contributed by atoms with E-state index in [1.807, 2.05) is 72.9 Å². The molecule has 0 saturated heterocycles. The number of aromatic nitrogens is 9. The van der Waals surface area contributed by atoms with Gasteiger partial charge in [-0.2, -0.15) is 0 Å². The lowest BCUT2D eigenvalue weighted by Crippen LogP contribution is -2.28. The number of phenols is 2. The molecule has 0 spiro atoms. The zero-order valence-corrected chi connectivity index (χ0v) is 86.3. The van der Waals surface area contributed by atoms with E-state index < -0.39 is 0 Å². The van der Waals surface area contributed by atoms with Crippen molar-refractivity contribution >= 4 is 40.3 Å². The summed E-state index contributed by atoms with van der Waals surface area (Å²) in [6.07, 6.45) is 12.8. The van der Waals surface area contributed by atoms with Crippen molar-refractivity contribution in [2.45, 2.75) is 95.4 Å². The Bertz CT molecular complexity index is 5840. The van der Waals surface area contributed by atoms with Crippen molar-refractivity contribution in [2.24, 2.45) is 16.6 Å². The normalized spacial score (nSPS) is 10.5. The first-order valence-corrected chi connectivity index (χ1v) is 47.3. The van der Waals surface area contributed by atoms with Crippen molar-refractivity contribution in [3.05, 3.63) is 257 Å². The number of nitrogen functional groups attached to an aromatic ring is 1. The summed E-state index contributed by atoms with van der Waals surface area (Å²) in [4.78, 5) is 69.6. The lowest BCUT2D eigenvalue weighted by molar-refractivity contribution is 0.0322. The number of hydrogen-bond donors (Lipinski definition) is 5. The molecule has 0 fully saturated rings. The van der Waals surface area contributed by atoms with E-state index in [4.69, 9.17) is 86.0 Å². The van der Waals surface area contributed by atoms with Crippen LogP contribution in [0.3, 0.4) is 0 Å². The van der Waals surface area contributed by atoms with Gasteiger partial charge in [-0.05, 0) is 268 Å². The molecule has 0 aliphatic carbocycles. The first kappa shape index (κ1) is 121. The number of terminal acetylenes is 1. The monoisotopic (exact) mass is 2000 g/mol. The van der Waals surface area contributed by atoms with Crippen LogP contribution in [0.4, 0.5) is 11.4 Å². The average molecular weight is 2000 g/mol. The molecule has 0 saturated carbocycles. The molecule has 0 unspecified atom stereocenters. The van der Waals surface area contributed by atoms with Gasteiger partial charge in [0, 0.05) is 148 Å². The summed E-state index contributed by atoms with van der Waals surface area (Å²) in [7, 11) is 9.28. The van der Waals surface area contributed by atoms with Gasteiger partial charge < -0.3 is 104 Å². The third kappa shape index (κ3) is 43.2. The van der Waals surface area contributed by atoms with Gasteiger partial charge in [0.05, 0.1) is 35.7 Å². The second-order valence-corrected chi connectivity index (χ2v) is 31.3. The molecular formula is C107H141N19O19. The minimum atomic E-state index is -0.209. The molecule has 9 aromatic carbocycles. The number of ketones is 5. The number of azide groups is 1. The maximum absolute atomic E-state index is 12.5. The van der Waals surface area contributed by atoms with Crippen LogP contribution >= 0.6 is 0 Å². The highest BCUT2D eigenvalue weighted by Crippen LogP contribution is 2.36. The molecule has 3 heterocycles. The molecule has 0 radical (unpaired) electrons. The number of aromatic hydroxyl groups is 2. The Labute approximate surface area is 850 Å². The molecule has 778 valence electrons. The quantitative estimate of drug-likeness (QED) is 0.00345. The Morgan fingerprint density at radius 3 is 0.993 bits per heavy atom. The van der Waals surface area contributed by atoms with E-state index in [0.717, 1.165) is 132 Å². The molecule has 12 rings (SSSR count). The molecular weight excluding hydrogens is 1860 g/mol. The number of carbonyl (C=O) groups is 5. The van der Waals surface area contributed by atoms with Crippen molar-refractivity contribution in [1.29, 1.82) is 0 Å². The fraction of sp³-hybridized carbons (Fsp3) is 0.374. The largest absolute Gasteiger partial charge is 0.504 e. The highest BCUT2D eigenvalue weighted by atomic mass is 16.7. The van der Waals surface area contributed by atoms with Crippen molar-refractivity contribution < 1.29 is 91.0 Å². The number of nitrogens with two attached hydrogens (primary N) is 3. The van der Waals surface area contributed by atoms with Crippen LogP contribution in [0.25, 0.3) is 61.3 Å². The smallest absolute Gasteiger partial charge is 0.188 e. The number of nitrogens with zero attached hydrogens (tertiary/aromatic N) is 16. The first-order chi connectivity index (χ1) is 70.2. The number of Topliss-reactive ketones (excluding diaryl/α,β-unsaturated/α-hetero) is 5. The van der Waals surface area contributed by atoms with E-state index in [-0.39, 0.29) is 81.2 Å². The Balaban J connectivity index is 0.000000307. The first-order valence-electron chi connectivity index (χ1n) is 47.3. The number of hydrogen-bond acceptors (Lipinski definition) is 33. The lowest BCUT2D eigenvalue weighted by Gasteiger charge is -2.17. The van der Waals surface area contributed by atoms with Crippen LogP contribution in [0.2, 0.25) is 0 Å². The van der Waals surface area contributed by atoms with Crippen molar-refractivity contribution in [3.8, 4) is 109 Å². The summed E-state index contributed by atoms with van der Waals surface area (Å²) in [5.41, 5.74) is 36.0. The predicted octanol–water partition coefficient (Wildman–Crippen LogP) is 17.1. The summed E-state index contributed by atoms with van der Waals surface area (Å²) in [6, 6.07) is 55.8. The number of likely N-dealkylation sites (N-methyl/N-ethyl adjacent to an activating group) is 1. The molecule has 8 N–H and O–H groups in total. The van der Waals surface area contributed by atoms with Crippen LogP contribution in [0.15, 0.2) is 218 Å². The number of phenolic OH excluding ortho intramolecular Hbond substituents is 2. The summed E-state index contributed by atoms with van der Waals surface area (Å²) in [6.45, 7) is 35.9. The Hall–Kier alpha value is -14.7. The summed E-state index contributed by atoms with van der Waals surface area (Å²) >= 11 is 0. The predicted molar refractivity (Wildman–Crippen MR) is 561 cm³/mol. The van der Waals surface area contributed by atoms with Gasteiger partial charge in [0.15, 0.2) is 116 Å². The van der Waals surface area contributed by atoms with Crippen LogP contribution < -0.4 is 45.6 Å². The molecule has 38 nitrogen and oxygen atoms in total. The fourth-order valence-electron chi connectivity index (χ4n) is 13.1. The molecule has 0 amide bonds. The second-order valence-electron chi connectivity index (χ2n) is 31.3. The zero-order chi connectivity index (χ0) is 106. The molecule has 0 bridgehead atoms. The van der Waals surface area contributed by atoms with E-state index in [0.29, 0.717) is 109 Å². The highest BCUT2D eigenvalue weighted by Gasteiger charge is 2.19. The topological polar surface area (TPSA) is 468 Å².